The number of nitrogens with one attached hydrogen (secondary N) is 1. The lowest BCUT2D eigenvalue weighted by molar-refractivity contribution is -0.125. The van der Waals surface area contributed by atoms with Crippen molar-refractivity contribution in [1.29, 1.82) is 5.26 Å². The Hall–Kier alpha value is -1.16. The lowest BCUT2D eigenvalue weighted by Gasteiger charge is -2.34. The van der Waals surface area contributed by atoms with Crippen LogP contribution in [0.25, 0.3) is 0 Å². The van der Waals surface area contributed by atoms with Crippen molar-refractivity contribution in [3.63, 3.8) is 0 Å². The van der Waals surface area contributed by atoms with Gasteiger partial charge in [-0.3, -0.25) is 9.69 Å². The molecular weight excluding hydrogens is 268 g/mol. The van der Waals surface area contributed by atoms with Crippen molar-refractivity contribution in [2.45, 2.75) is 31.4 Å². The summed E-state index contributed by atoms with van der Waals surface area (Å²) < 4.78 is 5.70. The lowest BCUT2D eigenvalue weighted by Crippen LogP contribution is -2.53. The molecule has 2 fully saturated rings. The molecule has 1 aliphatic carbocycles. The molecule has 0 aromatic rings. The van der Waals surface area contributed by atoms with Crippen LogP contribution in [0.4, 0.5) is 0 Å². The standard InChI is InChI=1S/C15H26N4O2/c1-15(11-16,12-4-5-12)17-14(20)10-19-6-7-21-13(9-19)8-18(2)3/h12-13H,4-10H2,1-3H3,(H,17,20)/t13-,15+/m0/s1. The minimum Gasteiger partial charge on any atom is -0.374 e. The maximum Gasteiger partial charge on any atom is 0.235 e. The average molecular weight is 294 g/mol. The minimum absolute atomic E-state index is 0.0588. The molecule has 2 atom stereocenters. The summed E-state index contributed by atoms with van der Waals surface area (Å²) in [4.78, 5) is 16.4. The molecule has 0 aromatic carbocycles. The fourth-order valence-electron chi connectivity index (χ4n) is 2.86. The summed E-state index contributed by atoms with van der Waals surface area (Å²) in [5, 5.41) is 12.2. The van der Waals surface area contributed by atoms with Gasteiger partial charge in [0.05, 0.1) is 25.3 Å². The third kappa shape index (κ3) is 4.67. The van der Waals surface area contributed by atoms with Crippen molar-refractivity contribution in [1.82, 2.24) is 15.1 Å². The Bertz CT molecular complexity index is 416. The zero-order valence-electron chi connectivity index (χ0n) is 13.3. The summed E-state index contributed by atoms with van der Waals surface area (Å²) in [6.45, 7) is 5.22. The van der Waals surface area contributed by atoms with Gasteiger partial charge in [-0.05, 0) is 39.8 Å². The van der Waals surface area contributed by atoms with Crippen LogP contribution in [0.5, 0.6) is 0 Å². The number of amides is 1. The van der Waals surface area contributed by atoms with Gasteiger partial charge in [0.1, 0.15) is 5.54 Å². The first-order valence-corrected chi connectivity index (χ1v) is 7.64. The summed E-state index contributed by atoms with van der Waals surface area (Å²) in [6.07, 6.45) is 2.21. The van der Waals surface area contributed by atoms with Crippen LogP contribution in [-0.2, 0) is 9.53 Å². The number of hydrogen-bond donors (Lipinski definition) is 1. The predicted molar refractivity (Wildman–Crippen MR) is 79.6 cm³/mol. The second-order valence-corrected chi connectivity index (χ2v) is 6.63. The summed E-state index contributed by atoms with van der Waals surface area (Å²) in [6, 6.07) is 2.26. The van der Waals surface area contributed by atoms with E-state index in [1.807, 2.05) is 21.0 Å². The van der Waals surface area contributed by atoms with Crippen LogP contribution in [0.15, 0.2) is 0 Å². The van der Waals surface area contributed by atoms with E-state index in [1.54, 1.807) is 0 Å². The molecule has 6 nitrogen and oxygen atoms in total. The molecule has 2 aliphatic rings. The Morgan fingerprint density at radius 3 is 2.81 bits per heavy atom. The number of carbonyl (C=O) groups is 1. The van der Waals surface area contributed by atoms with Crippen molar-refractivity contribution >= 4 is 5.91 Å². The topological polar surface area (TPSA) is 68.6 Å². The molecule has 118 valence electrons. The van der Waals surface area contributed by atoms with Crippen molar-refractivity contribution in [3.8, 4) is 6.07 Å². The number of hydrogen-bond acceptors (Lipinski definition) is 5. The second-order valence-electron chi connectivity index (χ2n) is 6.63. The maximum absolute atomic E-state index is 12.2. The van der Waals surface area contributed by atoms with Gasteiger partial charge in [-0.1, -0.05) is 0 Å². The Morgan fingerprint density at radius 1 is 1.52 bits per heavy atom. The molecule has 21 heavy (non-hydrogen) atoms. The van der Waals surface area contributed by atoms with Gasteiger partial charge < -0.3 is 15.0 Å². The van der Waals surface area contributed by atoms with Gasteiger partial charge in [-0.25, -0.2) is 0 Å². The highest BCUT2D eigenvalue weighted by molar-refractivity contribution is 5.79. The second kappa shape index (κ2) is 6.73. The monoisotopic (exact) mass is 294 g/mol. The quantitative estimate of drug-likeness (QED) is 0.750. The highest BCUT2D eigenvalue weighted by Gasteiger charge is 2.43. The van der Waals surface area contributed by atoms with E-state index in [0.717, 1.165) is 32.5 Å². The molecule has 1 heterocycles. The predicted octanol–water partition coefficient (Wildman–Crippen LogP) is 0.0573. The van der Waals surface area contributed by atoms with Crippen LogP contribution < -0.4 is 5.32 Å². The van der Waals surface area contributed by atoms with E-state index in [0.29, 0.717) is 19.1 Å². The van der Waals surface area contributed by atoms with E-state index in [-0.39, 0.29) is 12.0 Å². The largest absolute Gasteiger partial charge is 0.374 e. The number of nitriles is 1. The van der Waals surface area contributed by atoms with Crippen molar-refractivity contribution < 1.29 is 9.53 Å². The van der Waals surface area contributed by atoms with Gasteiger partial charge in [-0.2, -0.15) is 5.26 Å². The molecule has 0 bridgehead atoms. The molecule has 6 heteroatoms. The lowest BCUT2D eigenvalue weighted by atomic mass is 9.98. The zero-order chi connectivity index (χ0) is 15.5. The first-order chi connectivity index (χ1) is 9.93. The third-order valence-electron chi connectivity index (χ3n) is 4.18. The average Bonchev–Trinajstić information content (AvgIpc) is 3.22. The number of likely N-dealkylation sites (N-methyl/N-ethyl adjacent to an activating group) is 1. The van der Waals surface area contributed by atoms with Crippen LogP contribution in [0.1, 0.15) is 19.8 Å². The summed E-state index contributed by atoms with van der Waals surface area (Å²) >= 11 is 0. The van der Waals surface area contributed by atoms with Gasteiger partial charge in [0.2, 0.25) is 5.91 Å². The molecule has 0 unspecified atom stereocenters. The Labute approximate surface area is 127 Å². The molecule has 1 aliphatic heterocycles. The summed E-state index contributed by atoms with van der Waals surface area (Å²) in [5.74, 6) is 0.258. The number of morpholine rings is 1. The molecule has 1 saturated carbocycles. The molecule has 1 N–H and O–H groups in total. The van der Waals surface area contributed by atoms with Crippen LogP contribution in [-0.4, -0.2) is 74.2 Å². The van der Waals surface area contributed by atoms with Gasteiger partial charge in [0.25, 0.3) is 0 Å². The van der Waals surface area contributed by atoms with Crippen molar-refractivity contribution in [2.24, 2.45) is 5.92 Å². The van der Waals surface area contributed by atoms with Gasteiger partial charge in [0, 0.05) is 19.6 Å². The summed E-state index contributed by atoms with van der Waals surface area (Å²) in [7, 11) is 4.03. The van der Waals surface area contributed by atoms with E-state index in [1.165, 1.54) is 0 Å². The number of carbonyl (C=O) groups excluding carboxylic acids is 1. The highest BCUT2D eigenvalue weighted by atomic mass is 16.5. The van der Waals surface area contributed by atoms with Crippen LogP contribution in [0, 0.1) is 17.2 Å². The normalized spacial score (nSPS) is 26.1. The number of rotatable bonds is 6. The summed E-state index contributed by atoms with van der Waals surface area (Å²) in [5.41, 5.74) is -0.702. The van der Waals surface area contributed by atoms with Gasteiger partial charge in [0.15, 0.2) is 0 Å². The number of nitrogens with zero attached hydrogens (tertiary/aromatic N) is 3. The molecule has 1 saturated heterocycles. The van der Waals surface area contributed by atoms with Gasteiger partial charge in [-0.15, -0.1) is 0 Å². The maximum atomic E-state index is 12.2. The van der Waals surface area contributed by atoms with E-state index in [2.05, 4.69) is 21.2 Å². The molecular formula is C15H26N4O2. The first kappa shape index (κ1) is 16.2. The SMILES string of the molecule is CN(C)C[C@H]1CN(CC(=O)N[C@](C)(C#N)C2CC2)CCO1. The molecule has 0 spiro atoms. The van der Waals surface area contributed by atoms with Crippen LogP contribution in [0.2, 0.25) is 0 Å². The Kier molecular flexibility index (Phi) is 5.20. The molecule has 0 radical (unpaired) electrons. The van der Waals surface area contributed by atoms with Crippen molar-refractivity contribution in [3.05, 3.63) is 0 Å². The molecule has 1 amide bonds. The Balaban J connectivity index is 1.80. The van der Waals surface area contributed by atoms with Crippen LogP contribution >= 0.6 is 0 Å². The third-order valence-corrected chi connectivity index (χ3v) is 4.18. The van der Waals surface area contributed by atoms with E-state index < -0.39 is 5.54 Å². The zero-order valence-corrected chi connectivity index (χ0v) is 13.3. The Morgan fingerprint density at radius 2 is 2.24 bits per heavy atom. The van der Waals surface area contributed by atoms with Crippen molar-refractivity contribution in [2.75, 3.05) is 46.9 Å². The first-order valence-electron chi connectivity index (χ1n) is 7.64. The minimum atomic E-state index is -0.702. The van der Waals surface area contributed by atoms with Gasteiger partial charge >= 0.3 is 0 Å². The van der Waals surface area contributed by atoms with E-state index in [4.69, 9.17) is 4.74 Å². The van der Waals surface area contributed by atoms with E-state index >= 15 is 0 Å². The molecule has 2 rings (SSSR count). The molecule has 0 aromatic heterocycles. The number of ether oxygens (including phenoxy) is 1. The fourth-order valence-corrected chi connectivity index (χ4v) is 2.86. The fraction of sp³-hybridized carbons (Fsp3) is 0.867. The van der Waals surface area contributed by atoms with Crippen LogP contribution in [0.3, 0.4) is 0 Å². The highest BCUT2D eigenvalue weighted by Crippen LogP contribution is 2.39. The van der Waals surface area contributed by atoms with E-state index in [9.17, 15) is 10.1 Å². The smallest absolute Gasteiger partial charge is 0.235 e.